The molecule has 1 saturated heterocycles. The molecule has 2 fully saturated rings. The number of aliphatic imine (C=N–C) groups is 1. The molecule has 0 radical (unpaired) electrons. The van der Waals surface area contributed by atoms with Gasteiger partial charge in [0.2, 0.25) is 0 Å². The summed E-state index contributed by atoms with van der Waals surface area (Å²) in [5.41, 5.74) is 1.87. The van der Waals surface area contributed by atoms with E-state index in [9.17, 15) is 0 Å². The quantitative estimate of drug-likeness (QED) is 0.880. The van der Waals surface area contributed by atoms with E-state index < -0.39 is 0 Å². The van der Waals surface area contributed by atoms with Gasteiger partial charge in [-0.1, -0.05) is 18.2 Å². The fourth-order valence-corrected chi connectivity index (χ4v) is 4.05. The van der Waals surface area contributed by atoms with Crippen LogP contribution in [0.4, 0.5) is 0 Å². The largest absolute Gasteiger partial charge is 0.362 e. The number of nitrogens with zero attached hydrogens (tertiary/aromatic N) is 2. The number of thiazole rings is 1. The van der Waals surface area contributed by atoms with Crippen LogP contribution in [0.1, 0.15) is 24.1 Å². The summed E-state index contributed by atoms with van der Waals surface area (Å²) in [5, 5.41) is 4.71. The molecule has 0 amide bonds. The van der Waals surface area contributed by atoms with E-state index in [2.05, 4.69) is 15.3 Å². The van der Waals surface area contributed by atoms with Gasteiger partial charge < -0.3 is 5.32 Å². The van der Waals surface area contributed by atoms with Crippen LogP contribution < -0.4 is 5.32 Å². The van der Waals surface area contributed by atoms with Crippen molar-refractivity contribution >= 4 is 28.3 Å². The van der Waals surface area contributed by atoms with Crippen molar-refractivity contribution in [2.24, 2.45) is 10.9 Å². The van der Waals surface area contributed by atoms with Crippen LogP contribution in [-0.2, 0) is 6.54 Å². The summed E-state index contributed by atoms with van der Waals surface area (Å²) in [4.78, 5) is 9.93. The van der Waals surface area contributed by atoms with Crippen LogP contribution in [0.25, 0.3) is 0 Å². The van der Waals surface area contributed by atoms with Crippen molar-refractivity contribution in [2.45, 2.75) is 31.8 Å². The van der Waals surface area contributed by atoms with E-state index in [0.29, 0.717) is 6.04 Å². The number of fused-ring (bicyclic) bond motifs is 1. The van der Waals surface area contributed by atoms with Crippen molar-refractivity contribution in [1.29, 1.82) is 0 Å². The van der Waals surface area contributed by atoms with Crippen molar-refractivity contribution in [3.63, 3.8) is 0 Å². The Morgan fingerprint density at radius 1 is 1.50 bits per heavy atom. The highest BCUT2D eigenvalue weighted by atomic mass is 32.2. The molecule has 0 spiro atoms. The van der Waals surface area contributed by atoms with E-state index in [4.69, 9.17) is 0 Å². The molecule has 3 rings (SSSR count). The van der Waals surface area contributed by atoms with Gasteiger partial charge in [-0.05, 0) is 18.8 Å². The lowest BCUT2D eigenvalue weighted by atomic mass is 10.1. The Balaban J connectivity index is 1.61. The predicted molar refractivity (Wildman–Crippen MR) is 70.0 cm³/mol. The first kappa shape index (κ1) is 10.6. The molecule has 2 unspecified atom stereocenters. The van der Waals surface area contributed by atoms with Gasteiger partial charge in [0.05, 0.1) is 12.1 Å². The van der Waals surface area contributed by atoms with Crippen LogP contribution in [0.5, 0.6) is 0 Å². The second-order valence-electron chi connectivity index (χ2n) is 4.34. The van der Waals surface area contributed by atoms with Crippen molar-refractivity contribution < 1.29 is 0 Å². The zero-order valence-corrected chi connectivity index (χ0v) is 10.7. The zero-order valence-electron chi connectivity index (χ0n) is 9.06. The summed E-state index contributed by atoms with van der Waals surface area (Å²) < 4.78 is 0. The van der Waals surface area contributed by atoms with Gasteiger partial charge in [-0.2, -0.15) is 0 Å². The molecule has 5 heteroatoms. The number of thioether (sulfide) groups is 1. The van der Waals surface area contributed by atoms with Crippen molar-refractivity contribution in [3.8, 4) is 0 Å². The summed E-state index contributed by atoms with van der Waals surface area (Å²) in [7, 11) is 0. The Bertz CT molecular complexity index is 375. The molecular formula is C11H15N3S2. The first-order chi connectivity index (χ1) is 7.92. The summed E-state index contributed by atoms with van der Waals surface area (Å²) in [6.45, 7) is 0.775. The lowest BCUT2D eigenvalue weighted by Gasteiger charge is -2.27. The third kappa shape index (κ3) is 2.25. The van der Waals surface area contributed by atoms with Gasteiger partial charge in [0.15, 0.2) is 5.17 Å². The molecule has 1 N–H and O–H groups in total. The molecule has 86 valence electrons. The third-order valence-corrected chi connectivity index (χ3v) is 5.14. The van der Waals surface area contributed by atoms with Gasteiger partial charge in [0, 0.05) is 22.9 Å². The van der Waals surface area contributed by atoms with Crippen molar-refractivity contribution in [1.82, 2.24) is 10.3 Å². The molecule has 2 heterocycles. The van der Waals surface area contributed by atoms with Crippen molar-refractivity contribution in [2.75, 3.05) is 5.75 Å². The summed E-state index contributed by atoms with van der Waals surface area (Å²) in [6.07, 6.45) is 6.00. The lowest BCUT2D eigenvalue weighted by molar-refractivity contribution is 0.490. The van der Waals surface area contributed by atoms with E-state index >= 15 is 0 Å². The van der Waals surface area contributed by atoms with Crippen LogP contribution in [0.3, 0.4) is 0 Å². The zero-order chi connectivity index (χ0) is 10.8. The smallest absolute Gasteiger partial charge is 0.157 e. The maximum Gasteiger partial charge on any atom is 0.157 e. The summed E-state index contributed by atoms with van der Waals surface area (Å²) in [5.74, 6) is 2.13. The Morgan fingerprint density at radius 2 is 2.50 bits per heavy atom. The second-order valence-corrected chi connectivity index (χ2v) is 6.32. The molecule has 1 saturated carbocycles. The van der Waals surface area contributed by atoms with Crippen LogP contribution in [0.15, 0.2) is 16.7 Å². The highest BCUT2D eigenvalue weighted by Gasteiger charge is 2.31. The first-order valence-corrected chi connectivity index (χ1v) is 7.59. The fraction of sp³-hybridized carbons (Fsp3) is 0.636. The van der Waals surface area contributed by atoms with E-state index in [1.807, 2.05) is 23.5 Å². The number of amidine groups is 1. The van der Waals surface area contributed by atoms with Gasteiger partial charge >= 0.3 is 0 Å². The first-order valence-electron chi connectivity index (χ1n) is 5.73. The molecule has 1 aromatic heterocycles. The average Bonchev–Trinajstić information content (AvgIpc) is 2.97. The molecule has 3 nitrogen and oxygen atoms in total. The van der Waals surface area contributed by atoms with Crippen LogP contribution in [0.2, 0.25) is 0 Å². The Hall–Kier alpha value is -0.550. The van der Waals surface area contributed by atoms with E-state index in [1.165, 1.54) is 29.9 Å². The maximum atomic E-state index is 4.62. The molecule has 2 atom stereocenters. The Morgan fingerprint density at radius 3 is 3.38 bits per heavy atom. The minimum absolute atomic E-state index is 0.696. The third-order valence-electron chi connectivity index (χ3n) is 3.26. The molecule has 0 bridgehead atoms. The minimum Gasteiger partial charge on any atom is -0.362 e. The van der Waals surface area contributed by atoms with Crippen molar-refractivity contribution in [3.05, 3.63) is 16.6 Å². The monoisotopic (exact) mass is 253 g/mol. The molecule has 1 aliphatic carbocycles. The predicted octanol–water partition coefficient (Wildman–Crippen LogP) is 2.50. The van der Waals surface area contributed by atoms with E-state index in [0.717, 1.165) is 17.6 Å². The molecule has 0 aromatic carbocycles. The molecule has 16 heavy (non-hydrogen) atoms. The minimum atomic E-state index is 0.696. The summed E-state index contributed by atoms with van der Waals surface area (Å²) >= 11 is 3.56. The molecular weight excluding hydrogens is 238 g/mol. The van der Waals surface area contributed by atoms with Crippen LogP contribution >= 0.6 is 23.1 Å². The molecule has 2 aliphatic rings. The molecule has 1 aromatic rings. The highest BCUT2D eigenvalue weighted by molar-refractivity contribution is 8.13. The van der Waals surface area contributed by atoms with Gasteiger partial charge in [-0.25, -0.2) is 0 Å². The van der Waals surface area contributed by atoms with E-state index in [1.54, 1.807) is 11.3 Å². The van der Waals surface area contributed by atoms with Gasteiger partial charge in [-0.3, -0.25) is 9.98 Å². The van der Waals surface area contributed by atoms with Gasteiger partial charge in [0.1, 0.15) is 0 Å². The SMILES string of the molecule is c1ncc(CN=C2NC3CCCC3CS2)s1. The second kappa shape index (κ2) is 4.75. The number of aromatic nitrogens is 1. The van der Waals surface area contributed by atoms with Crippen LogP contribution in [-0.4, -0.2) is 21.9 Å². The average molecular weight is 253 g/mol. The number of nitrogens with one attached hydrogen (secondary N) is 1. The van der Waals surface area contributed by atoms with Gasteiger partial charge in [0.25, 0.3) is 0 Å². The number of rotatable bonds is 2. The normalized spacial score (nSPS) is 31.4. The van der Waals surface area contributed by atoms with E-state index in [-0.39, 0.29) is 0 Å². The van der Waals surface area contributed by atoms with Crippen LogP contribution in [0, 0.1) is 5.92 Å². The Labute approximate surface area is 104 Å². The topological polar surface area (TPSA) is 37.3 Å². The Kier molecular flexibility index (Phi) is 3.15. The number of hydrogen-bond acceptors (Lipinski definition) is 4. The fourth-order valence-electron chi connectivity index (χ4n) is 2.37. The standard InChI is InChI=1S/C11H15N3S2/c1-2-8-6-15-11(14-10(8)3-1)13-5-9-4-12-7-16-9/h4,7-8,10H,1-3,5-6H2,(H,13,14). The molecule has 1 aliphatic heterocycles. The number of hydrogen-bond donors (Lipinski definition) is 1. The summed E-state index contributed by atoms with van der Waals surface area (Å²) in [6, 6.07) is 0.696. The lowest BCUT2D eigenvalue weighted by Crippen LogP contribution is -2.41. The maximum absolute atomic E-state index is 4.62. The highest BCUT2D eigenvalue weighted by Crippen LogP contribution is 2.32. The van der Waals surface area contributed by atoms with Gasteiger partial charge in [-0.15, -0.1) is 11.3 Å².